The van der Waals surface area contributed by atoms with Gasteiger partial charge in [0.15, 0.2) is 0 Å². The molecule has 0 saturated carbocycles. The van der Waals surface area contributed by atoms with Gasteiger partial charge in [-0.1, -0.05) is 0 Å². The van der Waals surface area contributed by atoms with Crippen molar-refractivity contribution in [2.45, 2.75) is 45.1 Å². The number of pyridine rings is 1. The Labute approximate surface area is 171 Å². The molecule has 3 aliphatic heterocycles. The van der Waals surface area contributed by atoms with Crippen molar-refractivity contribution in [1.82, 2.24) is 9.88 Å². The standard InChI is InChI=1S/C21H30N4O4/c1-15-12-17(23(2)20(27)28)13-22-18(15)24-8-3-6-21(14-24)7-9-25(19(21)26)16-4-10-29-11-5-16/h12-13,16H,3-11,14H2,1-2H3,(H,27,28)/t21-/m0/s1. The van der Waals surface area contributed by atoms with Gasteiger partial charge >= 0.3 is 6.09 Å². The summed E-state index contributed by atoms with van der Waals surface area (Å²) >= 11 is 0. The molecule has 3 aliphatic rings. The first-order valence-corrected chi connectivity index (χ1v) is 10.5. The van der Waals surface area contributed by atoms with Gasteiger partial charge in [0.05, 0.1) is 17.3 Å². The third-order valence-electron chi connectivity index (χ3n) is 6.76. The highest BCUT2D eigenvalue weighted by atomic mass is 16.5. The molecular formula is C21H30N4O4. The molecule has 3 fully saturated rings. The lowest BCUT2D eigenvalue weighted by Crippen LogP contribution is -2.50. The highest BCUT2D eigenvalue weighted by Gasteiger charge is 2.50. The van der Waals surface area contributed by atoms with Crippen LogP contribution in [0.5, 0.6) is 0 Å². The van der Waals surface area contributed by atoms with Gasteiger partial charge in [0.1, 0.15) is 5.82 Å². The summed E-state index contributed by atoms with van der Waals surface area (Å²) in [5.74, 6) is 1.15. The molecule has 1 atom stereocenters. The number of hydrogen-bond acceptors (Lipinski definition) is 5. The van der Waals surface area contributed by atoms with Crippen molar-refractivity contribution in [3.8, 4) is 0 Å². The van der Waals surface area contributed by atoms with Gasteiger partial charge in [-0.15, -0.1) is 0 Å². The molecular weight excluding hydrogens is 372 g/mol. The Bertz CT molecular complexity index is 795. The smallest absolute Gasteiger partial charge is 0.411 e. The lowest BCUT2D eigenvalue weighted by Gasteiger charge is -2.41. The van der Waals surface area contributed by atoms with Crippen LogP contribution in [0.3, 0.4) is 0 Å². The van der Waals surface area contributed by atoms with Gasteiger partial charge in [-0.2, -0.15) is 0 Å². The number of carbonyl (C=O) groups is 2. The molecule has 1 N–H and O–H groups in total. The number of carboxylic acid groups (broad SMARTS) is 1. The Balaban J connectivity index is 1.51. The molecule has 1 aromatic heterocycles. The number of likely N-dealkylation sites (tertiary alicyclic amines) is 1. The van der Waals surface area contributed by atoms with E-state index >= 15 is 0 Å². The second-order valence-electron chi connectivity index (χ2n) is 8.57. The third-order valence-corrected chi connectivity index (χ3v) is 6.76. The van der Waals surface area contributed by atoms with Crippen molar-refractivity contribution in [3.05, 3.63) is 17.8 Å². The molecule has 0 bridgehead atoms. The maximum Gasteiger partial charge on any atom is 0.411 e. The van der Waals surface area contributed by atoms with E-state index in [9.17, 15) is 14.7 Å². The van der Waals surface area contributed by atoms with E-state index in [-0.39, 0.29) is 5.41 Å². The molecule has 4 heterocycles. The molecule has 0 aliphatic carbocycles. The fourth-order valence-corrected chi connectivity index (χ4v) is 5.06. The average Bonchev–Trinajstić information content (AvgIpc) is 3.03. The van der Waals surface area contributed by atoms with Gasteiger partial charge in [-0.25, -0.2) is 9.78 Å². The van der Waals surface area contributed by atoms with Gasteiger partial charge in [-0.3, -0.25) is 9.69 Å². The first-order valence-electron chi connectivity index (χ1n) is 10.5. The Morgan fingerprint density at radius 2 is 2.07 bits per heavy atom. The Morgan fingerprint density at radius 1 is 1.31 bits per heavy atom. The maximum atomic E-state index is 13.4. The normalized spacial score (nSPS) is 25.7. The number of amides is 2. The zero-order valence-electron chi connectivity index (χ0n) is 17.3. The monoisotopic (exact) mass is 402 g/mol. The second-order valence-corrected chi connectivity index (χ2v) is 8.57. The van der Waals surface area contributed by atoms with Crippen LogP contribution in [0.15, 0.2) is 12.3 Å². The van der Waals surface area contributed by atoms with Crippen LogP contribution in [0.1, 0.15) is 37.7 Å². The highest BCUT2D eigenvalue weighted by Crippen LogP contribution is 2.43. The molecule has 0 aromatic carbocycles. The number of nitrogens with zero attached hydrogens (tertiary/aromatic N) is 4. The molecule has 2 amide bonds. The summed E-state index contributed by atoms with van der Waals surface area (Å²) < 4.78 is 5.47. The van der Waals surface area contributed by atoms with Crippen LogP contribution in [0.4, 0.5) is 16.3 Å². The first-order chi connectivity index (χ1) is 13.9. The number of rotatable bonds is 3. The van der Waals surface area contributed by atoms with Crippen LogP contribution >= 0.6 is 0 Å². The minimum absolute atomic E-state index is 0.300. The van der Waals surface area contributed by atoms with Crippen LogP contribution in [0.25, 0.3) is 0 Å². The van der Waals surface area contributed by atoms with Crippen LogP contribution < -0.4 is 9.80 Å². The molecule has 8 nitrogen and oxygen atoms in total. The topological polar surface area (TPSA) is 86.2 Å². The summed E-state index contributed by atoms with van der Waals surface area (Å²) in [6.45, 7) is 5.84. The Morgan fingerprint density at radius 3 is 2.76 bits per heavy atom. The molecule has 4 rings (SSSR count). The fraction of sp³-hybridized carbons (Fsp3) is 0.667. The largest absolute Gasteiger partial charge is 0.465 e. The van der Waals surface area contributed by atoms with Crippen molar-refractivity contribution in [2.75, 3.05) is 49.7 Å². The SMILES string of the molecule is Cc1cc(N(C)C(=O)O)cnc1N1CCC[C@]2(CCN(C3CCOCC3)C2=O)C1. The molecule has 29 heavy (non-hydrogen) atoms. The second kappa shape index (κ2) is 7.82. The molecule has 1 spiro atoms. The van der Waals surface area contributed by atoms with Crippen molar-refractivity contribution >= 4 is 23.5 Å². The molecule has 0 radical (unpaired) electrons. The number of aromatic nitrogens is 1. The van der Waals surface area contributed by atoms with E-state index in [0.29, 0.717) is 24.2 Å². The lowest BCUT2D eigenvalue weighted by molar-refractivity contribution is -0.139. The lowest BCUT2D eigenvalue weighted by atomic mass is 9.78. The van der Waals surface area contributed by atoms with Gasteiger partial charge in [-0.05, 0) is 50.7 Å². The van der Waals surface area contributed by atoms with Crippen LogP contribution in [0.2, 0.25) is 0 Å². The van der Waals surface area contributed by atoms with Crippen molar-refractivity contribution in [2.24, 2.45) is 5.41 Å². The van der Waals surface area contributed by atoms with Crippen LogP contribution in [-0.2, 0) is 9.53 Å². The minimum Gasteiger partial charge on any atom is -0.465 e. The number of aryl methyl sites for hydroxylation is 1. The predicted molar refractivity (Wildman–Crippen MR) is 109 cm³/mol. The first kappa shape index (κ1) is 19.9. The molecule has 0 unspecified atom stereocenters. The summed E-state index contributed by atoms with van der Waals surface area (Å²) in [5.41, 5.74) is 1.16. The molecule has 3 saturated heterocycles. The zero-order valence-corrected chi connectivity index (χ0v) is 17.3. The number of ether oxygens (including phenoxy) is 1. The van der Waals surface area contributed by atoms with E-state index in [0.717, 1.165) is 74.7 Å². The summed E-state index contributed by atoms with van der Waals surface area (Å²) in [4.78, 5) is 34.7. The van der Waals surface area contributed by atoms with Gasteiger partial charge in [0.25, 0.3) is 0 Å². The molecule has 1 aromatic rings. The van der Waals surface area contributed by atoms with Crippen LogP contribution in [-0.4, -0.2) is 72.9 Å². The van der Waals surface area contributed by atoms with Gasteiger partial charge in [0, 0.05) is 45.9 Å². The van der Waals surface area contributed by atoms with Crippen molar-refractivity contribution in [3.63, 3.8) is 0 Å². The third kappa shape index (κ3) is 3.66. The van der Waals surface area contributed by atoms with Gasteiger partial charge < -0.3 is 19.6 Å². The highest BCUT2D eigenvalue weighted by molar-refractivity contribution is 5.87. The van der Waals surface area contributed by atoms with Gasteiger partial charge in [0.2, 0.25) is 5.91 Å². The summed E-state index contributed by atoms with van der Waals surface area (Å²) in [6, 6.07) is 2.17. The van der Waals surface area contributed by atoms with Crippen LogP contribution in [0, 0.1) is 12.3 Å². The quantitative estimate of drug-likeness (QED) is 0.836. The van der Waals surface area contributed by atoms with Crippen molar-refractivity contribution < 1.29 is 19.4 Å². The number of hydrogen-bond donors (Lipinski definition) is 1. The van der Waals surface area contributed by atoms with E-state index in [1.165, 1.54) is 7.05 Å². The van der Waals surface area contributed by atoms with E-state index in [2.05, 4.69) is 14.8 Å². The fourth-order valence-electron chi connectivity index (χ4n) is 5.06. The minimum atomic E-state index is -1.01. The van der Waals surface area contributed by atoms with E-state index < -0.39 is 6.09 Å². The zero-order chi connectivity index (χ0) is 20.6. The molecule has 8 heteroatoms. The maximum absolute atomic E-state index is 13.4. The van der Waals surface area contributed by atoms with E-state index in [1.807, 2.05) is 13.0 Å². The number of anilines is 2. The number of carbonyl (C=O) groups excluding carboxylic acids is 1. The number of piperidine rings is 1. The van der Waals surface area contributed by atoms with Crippen molar-refractivity contribution in [1.29, 1.82) is 0 Å². The van der Waals surface area contributed by atoms with E-state index in [1.54, 1.807) is 6.20 Å². The Kier molecular flexibility index (Phi) is 5.38. The predicted octanol–water partition coefficient (Wildman–Crippen LogP) is 2.50. The van der Waals surface area contributed by atoms with E-state index in [4.69, 9.17) is 4.74 Å². The molecule has 158 valence electrons. The summed E-state index contributed by atoms with van der Waals surface area (Å²) in [6.07, 6.45) is 5.25. The Hall–Kier alpha value is -2.35. The average molecular weight is 402 g/mol. The summed E-state index contributed by atoms with van der Waals surface area (Å²) in [7, 11) is 1.51. The summed E-state index contributed by atoms with van der Waals surface area (Å²) in [5, 5.41) is 9.18.